The summed E-state index contributed by atoms with van der Waals surface area (Å²) in [6.45, 7) is 0.988. The lowest BCUT2D eigenvalue weighted by Gasteiger charge is -2.21. The Labute approximate surface area is 63.8 Å². The third-order valence-corrected chi connectivity index (χ3v) is 2.02. The van der Waals surface area contributed by atoms with Gasteiger partial charge in [0.2, 0.25) is 0 Å². The van der Waals surface area contributed by atoms with Gasteiger partial charge in [-0.1, -0.05) is 0 Å². The Bertz CT molecular complexity index is 123. The van der Waals surface area contributed by atoms with Crippen molar-refractivity contribution in [1.29, 1.82) is 0 Å². The highest BCUT2D eigenvalue weighted by Gasteiger charge is 2.13. The quantitative estimate of drug-likeness (QED) is 0.640. The number of nitrogens with one attached hydrogen (secondary N) is 1. The van der Waals surface area contributed by atoms with Gasteiger partial charge in [-0.3, -0.25) is 9.50 Å². The first-order valence-electron chi connectivity index (χ1n) is 3.53. The van der Waals surface area contributed by atoms with E-state index in [2.05, 4.69) is 5.32 Å². The lowest BCUT2D eigenvalue weighted by molar-refractivity contribution is 0.151. The molecule has 1 rings (SSSR count). The molecule has 0 bridgehead atoms. The van der Waals surface area contributed by atoms with Crippen LogP contribution in [0.2, 0.25) is 0 Å². The fourth-order valence-corrected chi connectivity index (χ4v) is 1.56. The molecule has 0 aromatic carbocycles. The van der Waals surface area contributed by atoms with Gasteiger partial charge in [0, 0.05) is 6.26 Å². The van der Waals surface area contributed by atoms with Gasteiger partial charge in [-0.05, 0) is 25.8 Å². The summed E-state index contributed by atoms with van der Waals surface area (Å²) in [6, 6.07) is 0. The van der Waals surface area contributed by atoms with Crippen molar-refractivity contribution in [1.82, 2.24) is 5.32 Å². The van der Waals surface area contributed by atoms with E-state index in [0.717, 1.165) is 13.0 Å². The van der Waals surface area contributed by atoms with Gasteiger partial charge >= 0.3 is 0 Å². The number of rotatable bonds is 2. The molecule has 1 aliphatic heterocycles. The molecular formula is C6H13NO2S. The molecule has 3 nitrogen and oxygen atoms in total. The molecular weight excluding hydrogens is 150 g/mol. The van der Waals surface area contributed by atoms with Crippen molar-refractivity contribution < 1.29 is 8.39 Å². The van der Waals surface area contributed by atoms with E-state index in [-0.39, 0.29) is 6.23 Å². The molecule has 1 fully saturated rings. The predicted molar refractivity (Wildman–Crippen MR) is 40.8 cm³/mol. The van der Waals surface area contributed by atoms with Crippen LogP contribution < -0.4 is 5.32 Å². The second kappa shape index (κ2) is 4.05. The molecule has 2 atom stereocenters. The van der Waals surface area contributed by atoms with Crippen LogP contribution in [0.1, 0.15) is 19.3 Å². The Balaban J connectivity index is 2.19. The molecule has 0 aromatic heterocycles. The number of hydrogen-bond acceptors (Lipinski definition) is 3. The minimum Gasteiger partial charge on any atom is -0.291 e. The second-order valence-electron chi connectivity index (χ2n) is 2.44. The molecule has 2 unspecified atom stereocenters. The standard InChI is InChI=1S/C6H13NO2S/c1-10(8)9-6-4-2-3-5-7-6/h6-7H,2-5H2,1H3. The average molecular weight is 163 g/mol. The van der Waals surface area contributed by atoms with Crippen LogP contribution in [0.15, 0.2) is 0 Å². The maximum Gasteiger partial charge on any atom is 0.153 e. The Morgan fingerprint density at radius 1 is 1.60 bits per heavy atom. The van der Waals surface area contributed by atoms with E-state index in [1.165, 1.54) is 12.8 Å². The van der Waals surface area contributed by atoms with Gasteiger partial charge < -0.3 is 0 Å². The minimum atomic E-state index is -1.13. The smallest absolute Gasteiger partial charge is 0.153 e. The fourth-order valence-electron chi connectivity index (χ4n) is 1.07. The van der Waals surface area contributed by atoms with Gasteiger partial charge in [0.15, 0.2) is 11.1 Å². The molecule has 0 amide bonds. The van der Waals surface area contributed by atoms with Crippen molar-refractivity contribution in [2.45, 2.75) is 25.5 Å². The SMILES string of the molecule is CS(=O)OC1CCCCN1. The second-order valence-corrected chi connectivity index (χ2v) is 3.43. The third kappa shape index (κ3) is 2.77. The van der Waals surface area contributed by atoms with Crippen LogP contribution in [0.5, 0.6) is 0 Å². The van der Waals surface area contributed by atoms with Crippen molar-refractivity contribution in [3.63, 3.8) is 0 Å². The van der Waals surface area contributed by atoms with Gasteiger partial charge in [0.25, 0.3) is 0 Å². The van der Waals surface area contributed by atoms with Crippen LogP contribution in [0.3, 0.4) is 0 Å². The molecule has 0 aromatic rings. The van der Waals surface area contributed by atoms with Crippen LogP contribution in [0, 0.1) is 0 Å². The summed E-state index contributed by atoms with van der Waals surface area (Å²) in [5, 5.41) is 3.14. The zero-order chi connectivity index (χ0) is 7.40. The summed E-state index contributed by atoms with van der Waals surface area (Å²) in [5.74, 6) is 0. The third-order valence-electron chi connectivity index (χ3n) is 1.52. The average Bonchev–Trinajstić information content (AvgIpc) is 1.88. The maximum atomic E-state index is 10.6. The normalized spacial score (nSPS) is 29.9. The van der Waals surface area contributed by atoms with E-state index in [0.29, 0.717) is 0 Å². The van der Waals surface area contributed by atoms with E-state index >= 15 is 0 Å². The van der Waals surface area contributed by atoms with Crippen LogP contribution in [0.25, 0.3) is 0 Å². The number of hydrogen-bond donors (Lipinski definition) is 1. The molecule has 1 N–H and O–H groups in total. The van der Waals surface area contributed by atoms with Gasteiger partial charge in [0.1, 0.15) is 6.23 Å². The first-order chi connectivity index (χ1) is 4.79. The van der Waals surface area contributed by atoms with Crippen molar-refractivity contribution >= 4 is 11.1 Å². The monoisotopic (exact) mass is 163 g/mol. The predicted octanol–water partition coefficient (Wildman–Crippen LogP) is 0.396. The van der Waals surface area contributed by atoms with Crippen LogP contribution in [0.4, 0.5) is 0 Å². The molecule has 0 saturated carbocycles. The molecule has 0 radical (unpaired) electrons. The van der Waals surface area contributed by atoms with Crippen molar-refractivity contribution in [2.24, 2.45) is 0 Å². The minimum absolute atomic E-state index is 0.0274. The topological polar surface area (TPSA) is 38.3 Å². The molecule has 0 aliphatic carbocycles. The molecule has 1 aliphatic rings. The highest BCUT2D eigenvalue weighted by atomic mass is 32.2. The Kier molecular flexibility index (Phi) is 3.31. The highest BCUT2D eigenvalue weighted by Crippen LogP contribution is 2.08. The van der Waals surface area contributed by atoms with Crippen LogP contribution in [-0.4, -0.2) is 23.2 Å². The Morgan fingerprint density at radius 2 is 2.40 bits per heavy atom. The van der Waals surface area contributed by atoms with Crippen LogP contribution >= 0.6 is 0 Å². The van der Waals surface area contributed by atoms with Gasteiger partial charge in [0.05, 0.1) is 0 Å². The lowest BCUT2D eigenvalue weighted by Crippen LogP contribution is -2.36. The van der Waals surface area contributed by atoms with E-state index in [1.807, 2.05) is 0 Å². The van der Waals surface area contributed by atoms with Gasteiger partial charge in [-0.15, -0.1) is 0 Å². The lowest BCUT2D eigenvalue weighted by atomic mass is 10.1. The van der Waals surface area contributed by atoms with Crippen molar-refractivity contribution in [3.05, 3.63) is 0 Å². The molecule has 1 saturated heterocycles. The maximum absolute atomic E-state index is 10.6. The summed E-state index contributed by atoms with van der Waals surface area (Å²) in [4.78, 5) is 0. The summed E-state index contributed by atoms with van der Waals surface area (Å²) in [5.41, 5.74) is 0. The number of piperidine rings is 1. The first-order valence-corrected chi connectivity index (χ1v) is 5.01. The van der Waals surface area contributed by atoms with Crippen molar-refractivity contribution in [3.8, 4) is 0 Å². The Morgan fingerprint density at radius 3 is 2.90 bits per heavy atom. The Hall–Kier alpha value is 0.0700. The highest BCUT2D eigenvalue weighted by molar-refractivity contribution is 7.79. The molecule has 60 valence electrons. The summed E-state index contributed by atoms with van der Waals surface area (Å²) < 4.78 is 15.6. The van der Waals surface area contributed by atoms with Crippen LogP contribution in [-0.2, 0) is 15.3 Å². The summed E-state index contributed by atoms with van der Waals surface area (Å²) in [6.07, 6.45) is 4.94. The van der Waals surface area contributed by atoms with E-state index in [4.69, 9.17) is 4.18 Å². The zero-order valence-corrected chi connectivity index (χ0v) is 6.95. The van der Waals surface area contributed by atoms with E-state index in [1.54, 1.807) is 6.26 Å². The largest absolute Gasteiger partial charge is 0.291 e. The summed E-state index contributed by atoms with van der Waals surface area (Å²) >= 11 is -1.13. The fraction of sp³-hybridized carbons (Fsp3) is 1.00. The molecule has 10 heavy (non-hydrogen) atoms. The molecule has 1 heterocycles. The molecule has 4 heteroatoms. The van der Waals surface area contributed by atoms with Gasteiger partial charge in [-0.25, -0.2) is 4.21 Å². The first kappa shape index (κ1) is 8.17. The zero-order valence-electron chi connectivity index (χ0n) is 6.13. The molecule has 0 spiro atoms. The van der Waals surface area contributed by atoms with E-state index in [9.17, 15) is 4.21 Å². The van der Waals surface area contributed by atoms with E-state index < -0.39 is 11.1 Å². The van der Waals surface area contributed by atoms with Gasteiger partial charge in [-0.2, -0.15) is 0 Å². The summed E-state index contributed by atoms with van der Waals surface area (Å²) in [7, 11) is 0. The van der Waals surface area contributed by atoms with Crippen molar-refractivity contribution in [2.75, 3.05) is 12.8 Å².